The number of nitrogens with one attached hydrogen (secondary N) is 1. The highest BCUT2D eigenvalue weighted by Gasteiger charge is 2.21. The molecule has 0 aromatic rings. The van der Waals surface area contributed by atoms with Crippen LogP contribution in [0.25, 0.3) is 0 Å². The van der Waals surface area contributed by atoms with Crippen molar-refractivity contribution >= 4 is 5.91 Å². The smallest absolute Gasteiger partial charge is 0.222 e. The van der Waals surface area contributed by atoms with Gasteiger partial charge in [-0.05, 0) is 38.5 Å². The number of rotatable bonds is 50. The number of aliphatic hydroxyl groups excluding tert-OH is 3. The lowest BCUT2D eigenvalue weighted by Crippen LogP contribution is -2.46. The summed E-state index contributed by atoms with van der Waals surface area (Å²) in [6, 6.07) is -0.653. The zero-order chi connectivity index (χ0) is 43.0. The number of hydrogen-bond donors (Lipinski definition) is 4. The van der Waals surface area contributed by atoms with Gasteiger partial charge in [0.25, 0.3) is 0 Å². The van der Waals surface area contributed by atoms with Gasteiger partial charge in [0.2, 0.25) is 5.91 Å². The zero-order valence-corrected chi connectivity index (χ0v) is 40.2. The second-order valence-corrected chi connectivity index (χ2v) is 18.8. The Hall–Kier alpha value is -0.910. The highest BCUT2D eigenvalue weighted by molar-refractivity contribution is 5.76. The molecule has 0 bridgehead atoms. The molecule has 0 heterocycles. The van der Waals surface area contributed by atoms with Gasteiger partial charge in [-0.25, -0.2) is 0 Å². The van der Waals surface area contributed by atoms with Crippen LogP contribution in [0.15, 0.2) is 12.2 Å². The Balaban J connectivity index is 3.40. The molecule has 0 saturated carbocycles. The first kappa shape index (κ1) is 58.1. The minimum atomic E-state index is -0.744. The van der Waals surface area contributed by atoms with Gasteiger partial charge in [0.15, 0.2) is 0 Å². The first-order chi connectivity index (χ1) is 29.0. The van der Waals surface area contributed by atoms with Crippen molar-refractivity contribution < 1.29 is 20.1 Å². The molecule has 5 nitrogen and oxygen atoms in total. The number of carbonyl (C=O) groups excluding carboxylic acids is 1. The van der Waals surface area contributed by atoms with E-state index in [1.54, 1.807) is 0 Å². The molecular formula is C54H107NO4. The quantitative estimate of drug-likeness (QED) is 0.0363. The average molecular weight is 834 g/mol. The van der Waals surface area contributed by atoms with Crippen molar-refractivity contribution in [3.8, 4) is 0 Å². The van der Waals surface area contributed by atoms with E-state index < -0.39 is 18.2 Å². The van der Waals surface area contributed by atoms with Crippen molar-refractivity contribution in [2.75, 3.05) is 6.61 Å². The van der Waals surface area contributed by atoms with Gasteiger partial charge in [0.1, 0.15) is 0 Å². The highest BCUT2D eigenvalue weighted by atomic mass is 16.3. The van der Waals surface area contributed by atoms with E-state index in [9.17, 15) is 20.1 Å². The summed E-state index contributed by atoms with van der Waals surface area (Å²) in [7, 11) is 0. The molecule has 0 spiro atoms. The molecule has 59 heavy (non-hydrogen) atoms. The number of aliphatic hydroxyl groups is 3. The van der Waals surface area contributed by atoms with Crippen LogP contribution in [-0.4, -0.2) is 46.1 Å². The van der Waals surface area contributed by atoms with E-state index in [4.69, 9.17) is 0 Å². The molecular weight excluding hydrogens is 727 g/mol. The van der Waals surface area contributed by atoms with Gasteiger partial charge >= 0.3 is 0 Å². The highest BCUT2D eigenvalue weighted by Crippen LogP contribution is 2.18. The summed E-state index contributed by atoms with van der Waals surface area (Å²) in [4.78, 5) is 12.4. The van der Waals surface area contributed by atoms with E-state index in [-0.39, 0.29) is 18.9 Å². The number of allylic oxidation sites excluding steroid dienone is 2. The molecule has 5 heteroatoms. The number of carbonyl (C=O) groups is 1. The molecule has 1 amide bonds. The fourth-order valence-electron chi connectivity index (χ4n) is 8.70. The van der Waals surface area contributed by atoms with Crippen LogP contribution in [-0.2, 0) is 4.79 Å². The van der Waals surface area contributed by atoms with Crippen molar-refractivity contribution in [3.63, 3.8) is 0 Å². The largest absolute Gasteiger partial charge is 0.394 e. The number of unbranched alkanes of at least 4 members (excludes halogenated alkanes) is 39. The Labute approximate surface area is 369 Å². The molecule has 0 aromatic carbocycles. The van der Waals surface area contributed by atoms with Crippen LogP contribution < -0.4 is 5.32 Å². The van der Waals surface area contributed by atoms with E-state index in [0.29, 0.717) is 12.8 Å². The van der Waals surface area contributed by atoms with Gasteiger partial charge in [0.05, 0.1) is 31.3 Å². The molecule has 0 aliphatic carbocycles. The van der Waals surface area contributed by atoms with Gasteiger partial charge in [-0.2, -0.15) is 0 Å². The van der Waals surface area contributed by atoms with Crippen LogP contribution in [0.3, 0.4) is 0 Å². The zero-order valence-electron chi connectivity index (χ0n) is 40.2. The van der Waals surface area contributed by atoms with Crippen LogP contribution in [0.2, 0.25) is 0 Å². The van der Waals surface area contributed by atoms with E-state index in [0.717, 1.165) is 25.7 Å². The van der Waals surface area contributed by atoms with Crippen molar-refractivity contribution in [1.82, 2.24) is 5.32 Å². The van der Waals surface area contributed by atoms with Crippen LogP contribution in [0, 0.1) is 0 Å². The van der Waals surface area contributed by atoms with Gasteiger partial charge in [-0.1, -0.05) is 270 Å². The Bertz CT molecular complexity index is 833. The molecule has 3 atom stereocenters. The Morgan fingerprint density at radius 3 is 0.983 bits per heavy atom. The summed E-state index contributed by atoms with van der Waals surface area (Å²) in [5.74, 6) is -0.281. The predicted molar refractivity (Wildman–Crippen MR) is 259 cm³/mol. The molecule has 3 unspecified atom stereocenters. The van der Waals surface area contributed by atoms with Gasteiger partial charge in [0, 0.05) is 0 Å². The van der Waals surface area contributed by atoms with Gasteiger partial charge < -0.3 is 20.6 Å². The third-order valence-corrected chi connectivity index (χ3v) is 12.8. The molecule has 0 saturated heterocycles. The fraction of sp³-hybridized carbons (Fsp3) is 0.944. The minimum absolute atomic E-state index is 0.0402. The molecule has 0 rings (SSSR count). The van der Waals surface area contributed by atoms with E-state index in [1.165, 1.54) is 244 Å². The minimum Gasteiger partial charge on any atom is -0.394 e. The van der Waals surface area contributed by atoms with E-state index >= 15 is 0 Å². The monoisotopic (exact) mass is 834 g/mol. The summed E-state index contributed by atoms with van der Waals surface area (Å²) in [5.41, 5.74) is 0. The molecule has 4 N–H and O–H groups in total. The normalized spacial score (nSPS) is 13.4. The van der Waals surface area contributed by atoms with Crippen LogP contribution in [0.4, 0.5) is 0 Å². The molecule has 0 fully saturated rings. The van der Waals surface area contributed by atoms with Gasteiger partial charge in [-0.15, -0.1) is 0 Å². The van der Waals surface area contributed by atoms with Crippen LogP contribution in [0.5, 0.6) is 0 Å². The van der Waals surface area contributed by atoms with Crippen molar-refractivity contribution in [2.24, 2.45) is 0 Å². The van der Waals surface area contributed by atoms with Crippen molar-refractivity contribution in [2.45, 2.75) is 321 Å². The summed E-state index contributed by atoms with van der Waals surface area (Å²) in [6.07, 6.45) is 61.1. The first-order valence-electron chi connectivity index (χ1n) is 27.0. The Morgan fingerprint density at radius 1 is 0.407 bits per heavy atom. The van der Waals surface area contributed by atoms with E-state index in [2.05, 4.69) is 31.3 Å². The predicted octanol–water partition coefficient (Wildman–Crippen LogP) is 16.3. The summed E-state index contributed by atoms with van der Waals surface area (Å²) >= 11 is 0. The second-order valence-electron chi connectivity index (χ2n) is 18.8. The van der Waals surface area contributed by atoms with Gasteiger partial charge in [-0.3, -0.25) is 4.79 Å². The lowest BCUT2D eigenvalue weighted by atomic mass is 10.0. The molecule has 0 aliphatic rings. The number of amides is 1. The first-order valence-corrected chi connectivity index (χ1v) is 27.0. The Kier molecular flexibility index (Phi) is 49.0. The molecule has 352 valence electrons. The Morgan fingerprint density at radius 2 is 0.678 bits per heavy atom. The molecule has 0 aromatic heterocycles. The summed E-state index contributed by atoms with van der Waals surface area (Å²) < 4.78 is 0. The lowest BCUT2D eigenvalue weighted by molar-refractivity contribution is -0.125. The maximum atomic E-state index is 12.4. The lowest BCUT2D eigenvalue weighted by Gasteiger charge is -2.23. The maximum Gasteiger partial charge on any atom is 0.222 e. The third kappa shape index (κ3) is 46.4. The molecule has 0 radical (unpaired) electrons. The second kappa shape index (κ2) is 49.7. The fourth-order valence-corrected chi connectivity index (χ4v) is 8.70. The van der Waals surface area contributed by atoms with Crippen LogP contribution >= 0.6 is 0 Å². The van der Waals surface area contributed by atoms with Crippen LogP contribution in [0.1, 0.15) is 303 Å². The average Bonchev–Trinajstić information content (AvgIpc) is 3.23. The SMILES string of the molecule is CCCCCCCCCCCCCCCCCC/C=C\CCCCCCCCCCCCCCCCCC(O)CC(=O)NC(CO)C(O)CCCCCCCCCCC. The summed E-state index contributed by atoms with van der Waals surface area (Å²) in [6.45, 7) is 4.26. The number of hydrogen-bond acceptors (Lipinski definition) is 4. The standard InChI is InChI=1S/C54H107NO4/c1-3-5-7-9-11-13-14-15-16-17-18-19-20-21-22-23-24-25-26-27-28-29-30-31-32-33-34-35-36-37-38-40-41-43-45-47-51(57)49-54(59)55-52(50-56)53(58)48-46-44-42-39-12-10-8-6-4-2/h25-26,51-53,56-58H,3-24,27-50H2,1-2H3,(H,55,59)/b26-25-. The maximum absolute atomic E-state index is 12.4. The van der Waals surface area contributed by atoms with E-state index in [1.807, 2.05) is 0 Å². The van der Waals surface area contributed by atoms with Crippen molar-refractivity contribution in [3.05, 3.63) is 12.2 Å². The molecule has 0 aliphatic heterocycles. The summed E-state index contributed by atoms with van der Waals surface area (Å²) in [5, 5.41) is 33.3. The topological polar surface area (TPSA) is 89.8 Å². The third-order valence-electron chi connectivity index (χ3n) is 12.8. The van der Waals surface area contributed by atoms with Crippen molar-refractivity contribution in [1.29, 1.82) is 0 Å².